The number of unbranched alkanes of at least 4 members (excludes halogenated alkanes) is 12. The Bertz CT molecular complexity index is 659. The molecular weight excluding hydrogens is 376 g/mol. The monoisotopic (exact) mass is 424 g/mol. The lowest BCUT2D eigenvalue weighted by Gasteiger charge is -2.05. The first-order valence-electron chi connectivity index (χ1n) is 13.4. The number of aryl methyl sites for hydroxylation is 4. The summed E-state index contributed by atoms with van der Waals surface area (Å²) in [4.78, 5) is 4.97. The van der Waals surface area contributed by atoms with Crippen LogP contribution >= 0.6 is 0 Å². The van der Waals surface area contributed by atoms with Gasteiger partial charge in [-0.15, -0.1) is 0 Å². The van der Waals surface area contributed by atoms with Crippen molar-refractivity contribution in [1.82, 2.24) is 9.55 Å². The van der Waals surface area contributed by atoms with Crippen LogP contribution in [-0.4, -0.2) is 9.55 Å². The first-order chi connectivity index (χ1) is 15.3. The maximum atomic E-state index is 4.97. The molecule has 2 heteroatoms. The SMILES string of the molecule is CCCCCCCCCCCCCCCc1nc(CCCc2ccccc2)cn1CC. The molecule has 2 rings (SSSR count). The molecule has 0 N–H and O–H groups in total. The van der Waals surface area contributed by atoms with Crippen molar-refractivity contribution in [3.63, 3.8) is 0 Å². The average Bonchev–Trinajstić information content (AvgIpc) is 3.19. The molecule has 0 saturated heterocycles. The van der Waals surface area contributed by atoms with Crippen LogP contribution < -0.4 is 0 Å². The molecule has 0 radical (unpaired) electrons. The van der Waals surface area contributed by atoms with Gasteiger partial charge in [-0.05, 0) is 38.2 Å². The van der Waals surface area contributed by atoms with E-state index in [0.717, 1.165) is 25.8 Å². The van der Waals surface area contributed by atoms with Gasteiger partial charge in [0.15, 0.2) is 0 Å². The summed E-state index contributed by atoms with van der Waals surface area (Å²) in [6.45, 7) is 5.58. The second kappa shape index (κ2) is 17.0. The van der Waals surface area contributed by atoms with Gasteiger partial charge in [-0.3, -0.25) is 0 Å². The van der Waals surface area contributed by atoms with Gasteiger partial charge in [-0.1, -0.05) is 114 Å². The predicted molar refractivity (Wildman–Crippen MR) is 136 cm³/mol. The minimum Gasteiger partial charge on any atom is -0.335 e. The van der Waals surface area contributed by atoms with Crippen LogP contribution in [-0.2, 0) is 25.8 Å². The molecule has 0 saturated carbocycles. The Labute approximate surface area is 192 Å². The molecule has 174 valence electrons. The van der Waals surface area contributed by atoms with Crippen LogP contribution in [0, 0.1) is 0 Å². The van der Waals surface area contributed by atoms with E-state index in [1.807, 2.05) is 0 Å². The highest BCUT2D eigenvalue weighted by molar-refractivity contribution is 5.15. The number of rotatable bonds is 19. The smallest absolute Gasteiger partial charge is 0.108 e. The van der Waals surface area contributed by atoms with Gasteiger partial charge >= 0.3 is 0 Å². The molecule has 0 bridgehead atoms. The van der Waals surface area contributed by atoms with Gasteiger partial charge < -0.3 is 4.57 Å². The summed E-state index contributed by atoms with van der Waals surface area (Å²) < 4.78 is 2.37. The van der Waals surface area contributed by atoms with E-state index in [4.69, 9.17) is 4.98 Å². The Balaban J connectivity index is 1.50. The Kier molecular flexibility index (Phi) is 14.1. The number of imidazole rings is 1. The third-order valence-corrected chi connectivity index (χ3v) is 6.49. The molecule has 1 aromatic heterocycles. The zero-order chi connectivity index (χ0) is 22.0. The Morgan fingerprint density at radius 1 is 0.613 bits per heavy atom. The largest absolute Gasteiger partial charge is 0.335 e. The summed E-state index contributed by atoms with van der Waals surface area (Å²) in [6, 6.07) is 10.8. The van der Waals surface area contributed by atoms with Crippen molar-refractivity contribution in [3.8, 4) is 0 Å². The summed E-state index contributed by atoms with van der Waals surface area (Å²) in [7, 11) is 0. The summed E-state index contributed by atoms with van der Waals surface area (Å²) in [6.07, 6.45) is 25.2. The van der Waals surface area contributed by atoms with E-state index in [1.54, 1.807) is 0 Å². The standard InChI is InChI=1S/C29H48N2/c1-3-5-6-7-8-9-10-11-12-13-14-15-19-25-29-30-28(26-31(29)4-2)24-20-23-27-21-17-16-18-22-27/h16-18,21-22,26H,3-15,19-20,23-25H2,1-2H3. The lowest BCUT2D eigenvalue weighted by atomic mass is 10.0. The number of benzene rings is 1. The van der Waals surface area contributed by atoms with Crippen LogP contribution in [0.4, 0.5) is 0 Å². The third-order valence-electron chi connectivity index (χ3n) is 6.49. The van der Waals surface area contributed by atoms with Crippen LogP contribution in [0.5, 0.6) is 0 Å². The Morgan fingerprint density at radius 2 is 1.19 bits per heavy atom. The Hall–Kier alpha value is -1.57. The lowest BCUT2D eigenvalue weighted by Crippen LogP contribution is -2.00. The molecule has 31 heavy (non-hydrogen) atoms. The molecule has 0 atom stereocenters. The first-order valence-corrected chi connectivity index (χ1v) is 13.4. The number of aromatic nitrogens is 2. The van der Waals surface area contributed by atoms with Gasteiger partial charge in [0, 0.05) is 19.2 Å². The van der Waals surface area contributed by atoms with Crippen LogP contribution in [0.15, 0.2) is 36.5 Å². The number of hydrogen-bond donors (Lipinski definition) is 0. The number of nitrogens with zero attached hydrogens (tertiary/aromatic N) is 2. The van der Waals surface area contributed by atoms with Crippen LogP contribution in [0.1, 0.15) is 121 Å². The third kappa shape index (κ3) is 11.6. The fourth-order valence-corrected chi connectivity index (χ4v) is 4.53. The van der Waals surface area contributed by atoms with Crippen molar-refractivity contribution in [2.45, 2.75) is 130 Å². The van der Waals surface area contributed by atoms with E-state index >= 15 is 0 Å². The van der Waals surface area contributed by atoms with Gasteiger partial charge in [0.1, 0.15) is 5.82 Å². The lowest BCUT2D eigenvalue weighted by molar-refractivity contribution is 0.536. The van der Waals surface area contributed by atoms with Crippen molar-refractivity contribution in [3.05, 3.63) is 53.6 Å². The molecule has 0 unspecified atom stereocenters. The fraction of sp³-hybridized carbons (Fsp3) is 0.690. The van der Waals surface area contributed by atoms with Gasteiger partial charge in [0.25, 0.3) is 0 Å². The summed E-state index contributed by atoms with van der Waals surface area (Å²) in [5.41, 5.74) is 2.71. The van der Waals surface area contributed by atoms with E-state index in [0.29, 0.717) is 0 Å². The van der Waals surface area contributed by atoms with Crippen molar-refractivity contribution >= 4 is 0 Å². The van der Waals surface area contributed by atoms with Gasteiger partial charge in [0.2, 0.25) is 0 Å². The van der Waals surface area contributed by atoms with E-state index in [9.17, 15) is 0 Å². The molecule has 1 heterocycles. The second-order valence-corrected chi connectivity index (χ2v) is 9.27. The fourth-order valence-electron chi connectivity index (χ4n) is 4.53. The first kappa shape index (κ1) is 25.7. The summed E-state index contributed by atoms with van der Waals surface area (Å²) in [5.74, 6) is 1.31. The van der Waals surface area contributed by atoms with Crippen LogP contribution in [0.2, 0.25) is 0 Å². The van der Waals surface area contributed by atoms with E-state index in [-0.39, 0.29) is 0 Å². The molecule has 0 fully saturated rings. The minimum absolute atomic E-state index is 1.04. The predicted octanol–water partition coefficient (Wildman–Crippen LogP) is 8.71. The van der Waals surface area contributed by atoms with Crippen molar-refractivity contribution in [2.24, 2.45) is 0 Å². The van der Waals surface area contributed by atoms with Gasteiger partial charge in [-0.25, -0.2) is 4.98 Å². The van der Waals surface area contributed by atoms with Crippen LogP contribution in [0.3, 0.4) is 0 Å². The van der Waals surface area contributed by atoms with Crippen molar-refractivity contribution in [1.29, 1.82) is 0 Å². The molecular formula is C29H48N2. The van der Waals surface area contributed by atoms with Gasteiger partial charge in [0.05, 0.1) is 5.69 Å². The average molecular weight is 425 g/mol. The van der Waals surface area contributed by atoms with Crippen molar-refractivity contribution < 1.29 is 0 Å². The maximum Gasteiger partial charge on any atom is 0.108 e. The molecule has 1 aromatic carbocycles. The second-order valence-electron chi connectivity index (χ2n) is 9.27. The van der Waals surface area contributed by atoms with E-state index in [1.165, 1.54) is 107 Å². The molecule has 0 spiro atoms. The minimum atomic E-state index is 1.04. The van der Waals surface area contributed by atoms with E-state index in [2.05, 4.69) is 54.9 Å². The highest BCUT2D eigenvalue weighted by atomic mass is 15.1. The van der Waals surface area contributed by atoms with Gasteiger partial charge in [-0.2, -0.15) is 0 Å². The quantitative estimate of drug-likeness (QED) is 0.206. The zero-order valence-electron chi connectivity index (χ0n) is 20.6. The molecule has 0 aliphatic rings. The molecule has 2 nitrogen and oxygen atoms in total. The number of hydrogen-bond acceptors (Lipinski definition) is 1. The highest BCUT2D eigenvalue weighted by Gasteiger charge is 2.07. The maximum absolute atomic E-state index is 4.97. The molecule has 0 aliphatic carbocycles. The molecule has 2 aromatic rings. The summed E-state index contributed by atoms with van der Waals surface area (Å²) in [5, 5.41) is 0. The molecule has 0 aliphatic heterocycles. The zero-order valence-corrected chi connectivity index (χ0v) is 20.6. The topological polar surface area (TPSA) is 17.8 Å². The molecule has 0 amide bonds. The normalized spacial score (nSPS) is 11.3. The van der Waals surface area contributed by atoms with Crippen molar-refractivity contribution in [2.75, 3.05) is 0 Å². The highest BCUT2D eigenvalue weighted by Crippen LogP contribution is 2.15. The van der Waals surface area contributed by atoms with E-state index < -0.39 is 0 Å². The summed E-state index contributed by atoms with van der Waals surface area (Å²) >= 11 is 0. The Morgan fingerprint density at radius 3 is 1.77 bits per heavy atom. The van der Waals surface area contributed by atoms with Crippen LogP contribution in [0.25, 0.3) is 0 Å².